The Hall–Kier alpha value is -2.34. The number of carbonyl (C=O) groups excluding carboxylic acids is 1. The van der Waals surface area contributed by atoms with Crippen LogP contribution in [0.4, 0.5) is 5.69 Å². The highest BCUT2D eigenvalue weighted by atomic mass is 35.5. The van der Waals surface area contributed by atoms with Crippen LogP contribution in [0.1, 0.15) is 19.3 Å². The number of carbonyl (C=O) groups is 2. The molecule has 0 bridgehead atoms. The topological polar surface area (TPSA) is 73.7 Å². The van der Waals surface area contributed by atoms with Crippen molar-refractivity contribution in [1.82, 2.24) is 9.88 Å². The highest BCUT2D eigenvalue weighted by molar-refractivity contribution is 6.31. The second kappa shape index (κ2) is 6.13. The van der Waals surface area contributed by atoms with Gasteiger partial charge in [0.2, 0.25) is 5.91 Å². The fraction of sp³-hybridized carbons (Fsp3) is 0.421. The maximum absolute atomic E-state index is 12.1. The van der Waals surface area contributed by atoms with E-state index in [0.29, 0.717) is 31.0 Å². The summed E-state index contributed by atoms with van der Waals surface area (Å²) in [7, 11) is 1.74. The number of pyridine rings is 1. The van der Waals surface area contributed by atoms with E-state index in [2.05, 4.69) is 9.88 Å². The molecule has 0 radical (unpaired) electrons. The van der Waals surface area contributed by atoms with Crippen molar-refractivity contribution in [3.05, 3.63) is 35.5 Å². The average Bonchev–Trinajstić information content (AvgIpc) is 2.87. The van der Waals surface area contributed by atoms with Crippen LogP contribution in [0, 0.1) is 5.92 Å². The molecule has 0 unspecified atom stereocenters. The van der Waals surface area contributed by atoms with Crippen LogP contribution in [0.15, 0.2) is 30.5 Å². The lowest BCUT2D eigenvalue weighted by molar-refractivity contribution is -0.145. The zero-order valence-electron chi connectivity index (χ0n) is 14.5. The van der Waals surface area contributed by atoms with Crippen molar-refractivity contribution in [3.8, 4) is 0 Å². The van der Waals surface area contributed by atoms with Gasteiger partial charge in [0.1, 0.15) is 0 Å². The summed E-state index contributed by atoms with van der Waals surface area (Å²) in [5.74, 6) is -1.58. The van der Waals surface area contributed by atoms with Gasteiger partial charge in [0.05, 0.1) is 17.0 Å². The van der Waals surface area contributed by atoms with E-state index in [-0.39, 0.29) is 12.3 Å². The molecule has 26 heavy (non-hydrogen) atoms. The molecule has 1 atom stereocenters. The van der Waals surface area contributed by atoms with Gasteiger partial charge in [-0.1, -0.05) is 11.6 Å². The van der Waals surface area contributed by atoms with Gasteiger partial charge < -0.3 is 14.9 Å². The summed E-state index contributed by atoms with van der Waals surface area (Å²) in [5, 5.41) is 11.3. The van der Waals surface area contributed by atoms with Crippen molar-refractivity contribution < 1.29 is 14.7 Å². The van der Waals surface area contributed by atoms with Gasteiger partial charge in [0.25, 0.3) is 0 Å². The van der Waals surface area contributed by atoms with E-state index in [4.69, 9.17) is 11.6 Å². The highest BCUT2D eigenvalue weighted by Crippen LogP contribution is 2.44. The Bertz CT molecular complexity index is 893. The number of amides is 1. The van der Waals surface area contributed by atoms with E-state index in [1.54, 1.807) is 18.1 Å². The van der Waals surface area contributed by atoms with Crippen LogP contribution in [0.25, 0.3) is 10.9 Å². The normalized spacial score (nSPS) is 22.4. The molecule has 1 aromatic carbocycles. The minimum Gasteiger partial charge on any atom is -0.481 e. The zero-order chi connectivity index (χ0) is 18.5. The van der Waals surface area contributed by atoms with E-state index in [0.717, 1.165) is 16.6 Å². The number of aromatic nitrogens is 1. The first-order valence-electron chi connectivity index (χ1n) is 8.71. The van der Waals surface area contributed by atoms with Crippen LogP contribution < -0.4 is 4.90 Å². The predicted octanol–water partition coefficient (Wildman–Crippen LogP) is 2.79. The Morgan fingerprint density at radius 1 is 1.31 bits per heavy atom. The van der Waals surface area contributed by atoms with E-state index in [9.17, 15) is 14.7 Å². The first-order valence-corrected chi connectivity index (χ1v) is 9.09. The maximum atomic E-state index is 12.1. The van der Waals surface area contributed by atoms with Gasteiger partial charge in [-0.15, -0.1) is 0 Å². The number of hydrogen-bond acceptors (Lipinski definition) is 4. The summed E-state index contributed by atoms with van der Waals surface area (Å²) in [4.78, 5) is 32.2. The molecule has 1 amide bonds. The van der Waals surface area contributed by atoms with Crippen molar-refractivity contribution >= 4 is 40.1 Å². The van der Waals surface area contributed by atoms with Crippen molar-refractivity contribution in [2.45, 2.75) is 24.8 Å². The zero-order valence-corrected chi connectivity index (χ0v) is 15.2. The molecule has 2 fully saturated rings. The first-order chi connectivity index (χ1) is 12.4. The van der Waals surface area contributed by atoms with Crippen LogP contribution in [0.2, 0.25) is 5.02 Å². The Morgan fingerprint density at radius 3 is 2.73 bits per heavy atom. The lowest BCUT2D eigenvalue weighted by atomic mass is 9.77. The van der Waals surface area contributed by atoms with Crippen LogP contribution in [0.5, 0.6) is 0 Å². The minimum absolute atomic E-state index is 0.0742. The standard InChI is InChI=1S/C19H20ClN3O3/c1-22-17(24)11-14(18(25)26)19(22)5-8-23(9-6-19)16-4-7-21-15-10-12(20)2-3-13(15)16/h2-4,7,10,14H,5-6,8-9,11H2,1H3,(H,25,26)/t14-/m0/s1. The third-order valence-corrected chi connectivity index (χ3v) is 6.25. The lowest BCUT2D eigenvalue weighted by Crippen LogP contribution is -2.56. The molecule has 1 N–H and O–H groups in total. The Balaban J connectivity index is 1.63. The summed E-state index contributed by atoms with van der Waals surface area (Å²) in [5.41, 5.74) is 1.33. The lowest BCUT2D eigenvalue weighted by Gasteiger charge is -2.46. The summed E-state index contributed by atoms with van der Waals surface area (Å²) < 4.78 is 0. The van der Waals surface area contributed by atoms with Crippen molar-refractivity contribution in [3.63, 3.8) is 0 Å². The number of piperidine rings is 1. The van der Waals surface area contributed by atoms with Gasteiger partial charge in [-0.25, -0.2) is 0 Å². The number of hydrogen-bond donors (Lipinski definition) is 1. The summed E-state index contributed by atoms with van der Waals surface area (Å²) >= 11 is 6.07. The number of benzene rings is 1. The van der Waals surface area contributed by atoms with Crippen LogP contribution in [0.3, 0.4) is 0 Å². The number of likely N-dealkylation sites (tertiary alicyclic amines) is 1. The second-order valence-corrected chi connectivity index (χ2v) is 7.57. The molecule has 3 heterocycles. The molecule has 2 aliphatic rings. The fourth-order valence-electron chi connectivity index (χ4n) is 4.50. The van der Waals surface area contributed by atoms with Crippen LogP contribution in [-0.2, 0) is 9.59 Å². The largest absolute Gasteiger partial charge is 0.481 e. The van der Waals surface area contributed by atoms with Gasteiger partial charge in [-0.05, 0) is 37.1 Å². The molecule has 2 saturated heterocycles. The second-order valence-electron chi connectivity index (χ2n) is 7.13. The average molecular weight is 374 g/mol. The molecule has 0 aliphatic carbocycles. The van der Waals surface area contributed by atoms with E-state index in [1.165, 1.54) is 0 Å². The number of carboxylic acid groups (broad SMARTS) is 1. The van der Waals surface area contributed by atoms with Gasteiger partial charge in [-0.2, -0.15) is 0 Å². The molecule has 1 spiro atoms. The third-order valence-electron chi connectivity index (χ3n) is 6.02. The molecule has 2 aliphatic heterocycles. The summed E-state index contributed by atoms with van der Waals surface area (Å²) in [6.07, 6.45) is 3.15. The van der Waals surface area contributed by atoms with Crippen LogP contribution >= 0.6 is 11.6 Å². The highest BCUT2D eigenvalue weighted by Gasteiger charge is 2.55. The molecule has 136 valence electrons. The monoisotopic (exact) mass is 373 g/mol. The van der Waals surface area contributed by atoms with Gasteiger partial charge in [0.15, 0.2) is 0 Å². The number of nitrogens with zero attached hydrogens (tertiary/aromatic N) is 3. The summed E-state index contributed by atoms with van der Waals surface area (Å²) in [6, 6.07) is 7.64. The van der Waals surface area contributed by atoms with Crippen molar-refractivity contribution in [2.75, 3.05) is 25.0 Å². The molecule has 1 aromatic heterocycles. The predicted molar refractivity (Wildman–Crippen MR) is 99.4 cm³/mol. The minimum atomic E-state index is -0.875. The number of carboxylic acids is 1. The van der Waals surface area contributed by atoms with Gasteiger partial charge >= 0.3 is 5.97 Å². The Morgan fingerprint density at radius 2 is 2.04 bits per heavy atom. The molecule has 7 heteroatoms. The molecular weight excluding hydrogens is 354 g/mol. The van der Waals surface area contributed by atoms with Gasteiger partial charge in [0, 0.05) is 48.9 Å². The van der Waals surface area contributed by atoms with Gasteiger partial charge in [-0.3, -0.25) is 14.6 Å². The molecule has 6 nitrogen and oxygen atoms in total. The maximum Gasteiger partial charge on any atom is 0.309 e. The summed E-state index contributed by atoms with van der Waals surface area (Å²) in [6.45, 7) is 1.40. The number of anilines is 1. The molecular formula is C19H20ClN3O3. The molecule has 2 aromatic rings. The third kappa shape index (κ3) is 2.51. The SMILES string of the molecule is CN1C(=O)C[C@@H](C(=O)O)C12CCN(c1ccnc3cc(Cl)ccc13)CC2. The van der Waals surface area contributed by atoms with Crippen molar-refractivity contribution in [1.29, 1.82) is 0 Å². The number of fused-ring (bicyclic) bond motifs is 1. The molecule has 0 saturated carbocycles. The molecule has 4 rings (SSSR count). The Labute approximate surface area is 156 Å². The van der Waals surface area contributed by atoms with E-state index < -0.39 is 17.4 Å². The fourth-order valence-corrected chi connectivity index (χ4v) is 4.67. The first kappa shape index (κ1) is 17.1. The number of aliphatic carboxylic acids is 1. The van der Waals surface area contributed by atoms with Crippen LogP contribution in [-0.4, -0.2) is 52.5 Å². The van der Waals surface area contributed by atoms with Crippen molar-refractivity contribution in [2.24, 2.45) is 5.92 Å². The number of halogens is 1. The van der Waals surface area contributed by atoms with E-state index >= 15 is 0 Å². The quantitative estimate of drug-likeness (QED) is 0.876. The number of rotatable bonds is 2. The Kier molecular flexibility index (Phi) is 4.03. The smallest absolute Gasteiger partial charge is 0.309 e. The van der Waals surface area contributed by atoms with E-state index in [1.807, 2.05) is 24.3 Å².